The van der Waals surface area contributed by atoms with Gasteiger partial charge in [0.1, 0.15) is 0 Å². The van der Waals surface area contributed by atoms with E-state index < -0.39 is 56.5 Å². The van der Waals surface area contributed by atoms with Crippen LogP contribution >= 0.6 is 0 Å². The fraction of sp³-hybridized carbons (Fsp3) is 0.320. The lowest BCUT2D eigenvalue weighted by molar-refractivity contribution is -0.384. The standard InChI is InChI=1S/C25H22F3N3O5/c1-23(2)12-18-20(19(32)13-23)24(25(26,27)28,22(34)30(18)14-15-7-4-3-5-8-15)29-21(33)16-9-6-10-17(11-16)31(35)36/h3-11H,12-14H2,1-2H3,(H,29,33). The Morgan fingerprint density at radius 3 is 2.36 bits per heavy atom. The number of benzene rings is 2. The van der Waals surface area contributed by atoms with Gasteiger partial charge < -0.3 is 10.2 Å². The molecule has 1 aliphatic heterocycles. The first kappa shape index (κ1) is 25.1. The number of hydrogen-bond donors (Lipinski definition) is 1. The largest absolute Gasteiger partial charge is 0.425 e. The van der Waals surface area contributed by atoms with Crippen LogP contribution in [0, 0.1) is 15.5 Å². The molecule has 1 atom stereocenters. The van der Waals surface area contributed by atoms with Crippen LogP contribution < -0.4 is 5.32 Å². The van der Waals surface area contributed by atoms with Gasteiger partial charge >= 0.3 is 6.18 Å². The number of nitro groups is 1. The van der Waals surface area contributed by atoms with E-state index >= 15 is 0 Å². The average molecular weight is 501 g/mol. The number of nitrogens with one attached hydrogen (secondary N) is 1. The molecule has 1 heterocycles. The van der Waals surface area contributed by atoms with Crippen LogP contribution in [0.3, 0.4) is 0 Å². The van der Waals surface area contributed by atoms with Crippen molar-refractivity contribution in [3.05, 3.63) is 87.1 Å². The van der Waals surface area contributed by atoms with Crippen LogP contribution in [0.1, 0.15) is 42.6 Å². The number of halogens is 3. The summed E-state index contributed by atoms with van der Waals surface area (Å²) in [6.07, 6.45) is -5.61. The number of non-ortho nitro benzene ring substituents is 1. The second-order valence-electron chi connectivity index (χ2n) is 9.65. The van der Waals surface area contributed by atoms with E-state index in [0.717, 1.165) is 29.2 Å². The summed E-state index contributed by atoms with van der Waals surface area (Å²) in [5, 5.41) is 12.9. The lowest BCUT2D eigenvalue weighted by atomic mass is 9.72. The maximum Gasteiger partial charge on any atom is 0.425 e. The molecule has 1 aliphatic carbocycles. The van der Waals surface area contributed by atoms with Gasteiger partial charge in [-0.2, -0.15) is 13.2 Å². The highest BCUT2D eigenvalue weighted by atomic mass is 19.4. The van der Waals surface area contributed by atoms with E-state index in [0.29, 0.717) is 5.56 Å². The number of amides is 2. The zero-order valence-electron chi connectivity index (χ0n) is 19.4. The monoisotopic (exact) mass is 501 g/mol. The van der Waals surface area contributed by atoms with E-state index in [2.05, 4.69) is 0 Å². The Labute approximate surface area is 203 Å². The van der Waals surface area contributed by atoms with Gasteiger partial charge in [-0.1, -0.05) is 50.2 Å². The summed E-state index contributed by atoms with van der Waals surface area (Å²) in [5.74, 6) is -3.74. The minimum atomic E-state index is -5.37. The normalized spacial score (nSPS) is 21.4. The molecule has 2 amide bonds. The predicted octanol–water partition coefficient (Wildman–Crippen LogP) is 4.31. The molecular formula is C25H22F3N3O5. The number of carbonyl (C=O) groups is 3. The van der Waals surface area contributed by atoms with Crippen molar-refractivity contribution in [2.24, 2.45) is 5.41 Å². The Hall–Kier alpha value is -4.02. The maximum atomic E-state index is 14.8. The zero-order chi connectivity index (χ0) is 26.5. The average Bonchev–Trinajstić information content (AvgIpc) is 3.02. The second kappa shape index (κ2) is 8.58. The van der Waals surface area contributed by atoms with E-state index in [1.165, 1.54) is 0 Å². The Bertz CT molecular complexity index is 1300. The fourth-order valence-corrected chi connectivity index (χ4v) is 4.76. The number of rotatable bonds is 5. The molecule has 2 aliphatic rings. The number of Topliss-reactive ketones (excluding diaryl/α,β-unsaturated/α-hetero) is 1. The molecule has 0 aromatic heterocycles. The van der Waals surface area contributed by atoms with Crippen molar-refractivity contribution in [2.75, 3.05) is 0 Å². The Morgan fingerprint density at radius 1 is 1.08 bits per heavy atom. The number of allylic oxidation sites excluding steroid dienone is 1. The molecule has 11 heteroatoms. The molecule has 1 unspecified atom stereocenters. The van der Waals surface area contributed by atoms with Crippen LogP contribution in [-0.4, -0.2) is 39.1 Å². The molecule has 2 aromatic rings. The van der Waals surface area contributed by atoms with Crippen molar-refractivity contribution in [3.63, 3.8) is 0 Å². The molecule has 0 spiro atoms. The molecule has 8 nitrogen and oxygen atoms in total. The number of nitrogens with zero attached hydrogens (tertiary/aromatic N) is 2. The van der Waals surface area contributed by atoms with E-state index in [-0.39, 0.29) is 25.1 Å². The van der Waals surface area contributed by atoms with Crippen LogP contribution in [0.4, 0.5) is 18.9 Å². The molecular weight excluding hydrogens is 479 g/mol. The summed E-state index contributed by atoms with van der Waals surface area (Å²) < 4.78 is 44.5. The number of carbonyl (C=O) groups excluding carboxylic acids is 3. The molecule has 1 N–H and O–H groups in total. The zero-order valence-corrected chi connectivity index (χ0v) is 19.4. The Balaban J connectivity index is 1.86. The molecule has 0 saturated heterocycles. The van der Waals surface area contributed by atoms with Gasteiger partial charge in [-0.3, -0.25) is 24.5 Å². The number of nitro benzene ring substituents is 1. The van der Waals surface area contributed by atoms with Gasteiger partial charge in [0.05, 0.1) is 17.0 Å². The van der Waals surface area contributed by atoms with Crippen molar-refractivity contribution in [1.29, 1.82) is 0 Å². The molecule has 0 bridgehead atoms. The summed E-state index contributed by atoms with van der Waals surface area (Å²) in [4.78, 5) is 51.0. The van der Waals surface area contributed by atoms with Gasteiger partial charge in [0.25, 0.3) is 17.5 Å². The van der Waals surface area contributed by atoms with Crippen LogP contribution in [0.15, 0.2) is 65.9 Å². The minimum absolute atomic E-state index is 0.0111. The highest BCUT2D eigenvalue weighted by Gasteiger charge is 2.71. The van der Waals surface area contributed by atoms with Crippen LogP contribution in [-0.2, 0) is 16.1 Å². The SMILES string of the molecule is CC1(C)CC(=O)C2=C(C1)N(Cc1ccccc1)C(=O)C2(NC(=O)c1cccc([N+](=O)[O-])c1)C(F)(F)F. The van der Waals surface area contributed by atoms with Crippen molar-refractivity contribution < 1.29 is 32.5 Å². The lowest BCUT2D eigenvalue weighted by Gasteiger charge is -2.35. The van der Waals surface area contributed by atoms with E-state index in [4.69, 9.17) is 0 Å². The topological polar surface area (TPSA) is 110 Å². The van der Waals surface area contributed by atoms with Crippen molar-refractivity contribution in [2.45, 2.75) is 44.9 Å². The quantitative estimate of drug-likeness (QED) is 0.485. The number of hydrogen-bond acceptors (Lipinski definition) is 5. The van der Waals surface area contributed by atoms with E-state index in [9.17, 15) is 37.7 Å². The lowest BCUT2D eigenvalue weighted by Crippen LogP contribution is -2.66. The summed E-state index contributed by atoms with van der Waals surface area (Å²) in [6.45, 7) is 3.20. The molecule has 0 fully saturated rings. The van der Waals surface area contributed by atoms with Crippen LogP contribution in [0.2, 0.25) is 0 Å². The van der Waals surface area contributed by atoms with Gasteiger partial charge in [-0.15, -0.1) is 0 Å². The molecule has 4 rings (SSSR count). The number of alkyl halides is 3. The smallest absolute Gasteiger partial charge is 0.326 e. The van der Waals surface area contributed by atoms with E-state index in [1.54, 1.807) is 49.5 Å². The molecule has 36 heavy (non-hydrogen) atoms. The maximum absolute atomic E-state index is 14.8. The molecule has 188 valence electrons. The third-order valence-electron chi connectivity index (χ3n) is 6.35. The van der Waals surface area contributed by atoms with Crippen molar-refractivity contribution in [3.8, 4) is 0 Å². The summed E-state index contributed by atoms with van der Waals surface area (Å²) in [6, 6.07) is 12.4. The van der Waals surface area contributed by atoms with Gasteiger partial charge in [0.2, 0.25) is 5.54 Å². The van der Waals surface area contributed by atoms with Gasteiger partial charge in [-0.25, -0.2) is 0 Å². The first-order valence-corrected chi connectivity index (χ1v) is 11.0. The molecule has 0 saturated carbocycles. The third-order valence-corrected chi connectivity index (χ3v) is 6.35. The summed E-state index contributed by atoms with van der Waals surface area (Å²) in [5.41, 5.74) is -5.63. The second-order valence-corrected chi connectivity index (χ2v) is 9.65. The van der Waals surface area contributed by atoms with Crippen LogP contribution in [0.5, 0.6) is 0 Å². The Kier molecular flexibility index (Phi) is 5.98. The summed E-state index contributed by atoms with van der Waals surface area (Å²) in [7, 11) is 0. The highest BCUT2D eigenvalue weighted by molar-refractivity contribution is 6.14. The molecule has 2 aromatic carbocycles. The van der Waals surface area contributed by atoms with Gasteiger partial charge in [-0.05, 0) is 23.5 Å². The highest BCUT2D eigenvalue weighted by Crippen LogP contribution is 2.52. The van der Waals surface area contributed by atoms with E-state index in [1.807, 2.05) is 0 Å². The Morgan fingerprint density at radius 2 is 1.75 bits per heavy atom. The molecule has 0 radical (unpaired) electrons. The van der Waals surface area contributed by atoms with Gasteiger partial charge in [0.15, 0.2) is 5.78 Å². The first-order chi connectivity index (χ1) is 16.8. The van der Waals surface area contributed by atoms with Crippen molar-refractivity contribution in [1.82, 2.24) is 10.2 Å². The first-order valence-electron chi connectivity index (χ1n) is 11.0. The van der Waals surface area contributed by atoms with Gasteiger partial charge in [0, 0.05) is 29.8 Å². The fourth-order valence-electron chi connectivity index (χ4n) is 4.76. The predicted molar refractivity (Wildman–Crippen MR) is 121 cm³/mol. The number of ketones is 1. The summed E-state index contributed by atoms with van der Waals surface area (Å²) >= 11 is 0. The minimum Gasteiger partial charge on any atom is -0.326 e. The van der Waals surface area contributed by atoms with Crippen molar-refractivity contribution >= 4 is 23.3 Å². The third kappa shape index (κ3) is 4.14. The van der Waals surface area contributed by atoms with Crippen LogP contribution in [0.25, 0.3) is 0 Å².